The summed E-state index contributed by atoms with van der Waals surface area (Å²) in [6.07, 6.45) is 0. The van der Waals surface area contributed by atoms with Crippen LogP contribution in [0.2, 0.25) is 0 Å². The maximum atomic E-state index is 13.7. The maximum absolute atomic E-state index is 13.7. The molecule has 2 aromatic carbocycles. The normalized spacial score (nSPS) is 11.4. The number of nitrogens with one attached hydrogen (secondary N) is 1. The number of halogens is 4. The molecule has 0 aliphatic heterocycles. The van der Waals surface area contributed by atoms with E-state index in [0.717, 1.165) is 18.2 Å². The number of sulfonamides is 1. The van der Waals surface area contributed by atoms with Gasteiger partial charge in [-0.15, -0.1) is 0 Å². The SMILES string of the molecule is Nc1cc(F)c(S(=O)(=O)Nc2ccc(F)cc2I)c(F)c1. The minimum absolute atomic E-state index is 0.00706. The van der Waals surface area contributed by atoms with Gasteiger partial charge >= 0.3 is 0 Å². The van der Waals surface area contributed by atoms with Gasteiger partial charge in [-0.3, -0.25) is 4.72 Å². The minimum Gasteiger partial charge on any atom is -0.399 e. The molecule has 0 bridgehead atoms. The maximum Gasteiger partial charge on any atom is 0.267 e. The van der Waals surface area contributed by atoms with Gasteiger partial charge in [0.05, 0.1) is 5.69 Å². The zero-order valence-corrected chi connectivity index (χ0v) is 13.2. The van der Waals surface area contributed by atoms with Crippen molar-refractivity contribution in [3.63, 3.8) is 0 Å². The van der Waals surface area contributed by atoms with E-state index in [9.17, 15) is 21.6 Å². The highest BCUT2D eigenvalue weighted by molar-refractivity contribution is 14.1. The van der Waals surface area contributed by atoms with Gasteiger partial charge in [0.2, 0.25) is 0 Å². The van der Waals surface area contributed by atoms with Gasteiger partial charge in [0.1, 0.15) is 17.5 Å². The Morgan fingerprint density at radius 3 is 2.14 bits per heavy atom. The Bertz CT molecular complexity index is 789. The van der Waals surface area contributed by atoms with Crippen LogP contribution >= 0.6 is 22.6 Å². The molecule has 0 radical (unpaired) electrons. The van der Waals surface area contributed by atoms with E-state index in [2.05, 4.69) is 0 Å². The van der Waals surface area contributed by atoms with Crippen molar-refractivity contribution in [1.29, 1.82) is 0 Å². The zero-order valence-electron chi connectivity index (χ0n) is 10.2. The Balaban J connectivity index is 2.48. The number of benzene rings is 2. The number of nitrogens with two attached hydrogens (primary N) is 1. The third kappa shape index (κ3) is 3.40. The first-order valence-electron chi connectivity index (χ1n) is 5.43. The van der Waals surface area contributed by atoms with Crippen molar-refractivity contribution >= 4 is 44.0 Å². The molecule has 2 rings (SSSR count). The molecule has 112 valence electrons. The summed E-state index contributed by atoms with van der Waals surface area (Å²) in [5.74, 6) is -3.18. The Hall–Kier alpha value is -1.49. The molecule has 0 aromatic heterocycles. The zero-order chi connectivity index (χ0) is 15.8. The summed E-state index contributed by atoms with van der Waals surface area (Å²) < 4.78 is 66.7. The van der Waals surface area contributed by atoms with Crippen molar-refractivity contribution in [2.45, 2.75) is 4.90 Å². The van der Waals surface area contributed by atoms with Crippen molar-refractivity contribution in [3.8, 4) is 0 Å². The molecular formula is C12H8F3IN2O2S. The number of hydrogen-bond acceptors (Lipinski definition) is 3. The highest BCUT2D eigenvalue weighted by Gasteiger charge is 2.25. The first kappa shape index (κ1) is 15.9. The Kier molecular flexibility index (Phi) is 4.33. The summed E-state index contributed by atoms with van der Waals surface area (Å²) in [5.41, 5.74) is 5.00. The van der Waals surface area contributed by atoms with Gasteiger partial charge < -0.3 is 5.73 Å². The Morgan fingerprint density at radius 2 is 1.62 bits per heavy atom. The van der Waals surface area contributed by atoms with Gasteiger partial charge in [-0.1, -0.05) is 0 Å². The molecule has 3 N–H and O–H groups in total. The van der Waals surface area contributed by atoms with Crippen LogP contribution in [0.25, 0.3) is 0 Å². The molecule has 0 amide bonds. The molecule has 9 heteroatoms. The van der Waals surface area contributed by atoms with Gasteiger partial charge in [-0.2, -0.15) is 0 Å². The largest absolute Gasteiger partial charge is 0.399 e. The van der Waals surface area contributed by atoms with Crippen LogP contribution in [0.5, 0.6) is 0 Å². The van der Waals surface area contributed by atoms with E-state index < -0.39 is 32.4 Å². The molecule has 0 aliphatic carbocycles. The highest BCUT2D eigenvalue weighted by Crippen LogP contribution is 2.26. The molecule has 0 atom stereocenters. The van der Waals surface area contributed by atoms with Gasteiger partial charge in [0, 0.05) is 9.26 Å². The fourth-order valence-electron chi connectivity index (χ4n) is 1.60. The lowest BCUT2D eigenvalue weighted by Gasteiger charge is -2.11. The molecule has 2 aromatic rings. The summed E-state index contributed by atoms with van der Waals surface area (Å²) in [6, 6.07) is 4.66. The number of nitrogen functional groups attached to an aromatic ring is 1. The van der Waals surface area contributed by atoms with Crippen LogP contribution in [0.4, 0.5) is 24.5 Å². The molecule has 0 fully saturated rings. The number of rotatable bonds is 3. The summed E-state index contributed by atoms with van der Waals surface area (Å²) in [7, 11) is -4.51. The standard InChI is InChI=1S/C12H8F3IN2O2S/c13-6-1-2-11(10(16)3-6)18-21(19,20)12-8(14)4-7(17)5-9(12)15/h1-5,18H,17H2. The second kappa shape index (κ2) is 5.72. The smallest absolute Gasteiger partial charge is 0.267 e. The highest BCUT2D eigenvalue weighted by atomic mass is 127. The van der Waals surface area contributed by atoms with E-state index in [1.54, 1.807) is 22.6 Å². The first-order valence-corrected chi connectivity index (χ1v) is 7.99. The topological polar surface area (TPSA) is 72.2 Å². The van der Waals surface area contributed by atoms with Gasteiger partial charge in [0.15, 0.2) is 4.90 Å². The lowest BCUT2D eigenvalue weighted by molar-refractivity contribution is 0.522. The summed E-state index contributed by atoms with van der Waals surface area (Å²) >= 11 is 1.69. The molecule has 21 heavy (non-hydrogen) atoms. The minimum atomic E-state index is -4.51. The lowest BCUT2D eigenvalue weighted by atomic mass is 10.3. The average Bonchev–Trinajstić information content (AvgIpc) is 2.30. The average molecular weight is 428 g/mol. The second-order valence-corrected chi connectivity index (χ2v) is 6.82. The van der Waals surface area contributed by atoms with Crippen LogP contribution in [0.3, 0.4) is 0 Å². The lowest BCUT2D eigenvalue weighted by Crippen LogP contribution is -2.17. The number of hydrogen-bond donors (Lipinski definition) is 2. The molecule has 4 nitrogen and oxygen atoms in total. The predicted octanol–water partition coefficient (Wildman–Crippen LogP) is 3.09. The Morgan fingerprint density at radius 1 is 1.05 bits per heavy atom. The van der Waals surface area contributed by atoms with Crippen LogP contribution in [-0.2, 0) is 10.0 Å². The van der Waals surface area contributed by atoms with Crippen LogP contribution in [-0.4, -0.2) is 8.42 Å². The molecule has 0 saturated heterocycles. The number of anilines is 2. The van der Waals surface area contributed by atoms with Crippen LogP contribution in [0.1, 0.15) is 0 Å². The second-order valence-electron chi connectivity index (χ2n) is 4.04. The van der Waals surface area contributed by atoms with Crippen molar-refractivity contribution < 1.29 is 21.6 Å². The fourth-order valence-corrected chi connectivity index (χ4v) is 3.60. The van der Waals surface area contributed by atoms with E-state index in [0.29, 0.717) is 12.1 Å². The quantitative estimate of drug-likeness (QED) is 0.583. The van der Waals surface area contributed by atoms with E-state index >= 15 is 0 Å². The van der Waals surface area contributed by atoms with Crippen molar-refractivity contribution in [2.75, 3.05) is 10.5 Å². The van der Waals surface area contributed by atoms with Crippen molar-refractivity contribution in [3.05, 3.63) is 51.4 Å². The van der Waals surface area contributed by atoms with Gasteiger partial charge in [-0.25, -0.2) is 21.6 Å². The molecule has 0 aliphatic rings. The van der Waals surface area contributed by atoms with E-state index in [1.807, 2.05) is 4.72 Å². The van der Waals surface area contributed by atoms with E-state index in [1.165, 1.54) is 0 Å². The molecule has 0 spiro atoms. The predicted molar refractivity (Wildman–Crippen MR) is 80.7 cm³/mol. The summed E-state index contributed by atoms with van der Waals surface area (Å²) in [6.45, 7) is 0. The third-order valence-electron chi connectivity index (χ3n) is 2.46. The van der Waals surface area contributed by atoms with E-state index in [-0.39, 0.29) is 14.9 Å². The van der Waals surface area contributed by atoms with Crippen LogP contribution in [0, 0.1) is 21.0 Å². The molecule has 0 unspecified atom stereocenters. The fraction of sp³-hybridized carbons (Fsp3) is 0. The summed E-state index contributed by atoms with van der Waals surface area (Å²) in [4.78, 5) is -1.14. The monoisotopic (exact) mass is 428 g/mol. The molecule has 0 heterocycles. The Labute approximate surface area is 132 Å². The van der Waals surface area contributed by atoms with E-state index in [4.69, 9.17) is 5.73 Å². The van der Waals surface area contributed by atoms with Crippen LogP contribution < -0.4 is 10.5 Å². The van der Waals surface area contributed by atoms with Crippen molar-refractivity contribution in [2.24, 2.45) is 0 Å². The van der Waals surface area contributed by atoms with Crippen molar-refractivity contribution in [1.82, 2.24) is 0 Å². The van der Waals surface area contributed by atoms with Crippen LogP contribution in [0.15, 0.2) is 35.2 Å². The molecule has 0 saturated carbocycles. The third-order valence-corrected chi connectivity index (χ3v) is 4.77. The molecular weight excluding hydrogens is 420 g/mol. The van der Waals surface area contributed by atoms with Gasteiger partial charge in [0.25, 0.3) is 10.0 Å². The first-order chi connectivity index (χ1) is 9.70. The summed E-state index contributed by atoms with van der Waals surface area (Å²) in [5, 5.41) is 0. The van der Waals surface area contributed by atoms with Gasteiger partial charge in [-0.05, 0) is 52.9 Å².